The first-order valence-electron chi connectivity index (χ1n) is 7.77. The largest absolute Gasteiger partial charge is 0.497 e. The molecule has 0 atom stereocenters. The molecule has 3 rings (SSSR count). The molecule has 1 N–H and O–H groups in total. The van der Waals surface area contributed by atoms with Crippen molar-refractivity contribution in [1.82, 2.24) is 4.98 Å². The van der Waals surface area contributed by atoms with Crippen molar-refractivity contribution in [3.05, 3.63) is 47.5 Å². The molecular weight excluding hydrogens is 360 g/mol. The number of methoxy groups -OCH3 is 1. The zero-order valence-electron chi connectivity index (χ0n) is 13.6. The number of benzene rings is 2. The Morgan fingerprint density at radius 2 is 1.96 bits per heavy atom. The number of anilines is 1. The van der Waals surface area contributed by atoms with E-state index in [1.165, 1.54) is 11.3 Å². The minimum atomic E-state index is -0.0780. The van der Waals surface area contributed by atoms with Crippen LogP contribution >= 0.6 is 22.9 Å². The second-order valence-corrected chi connectivity index (χ2v) is 6.77. The average Bonchev–Trinajstić information content (AvgIpc) is 3.01. The Bertz CT molecular complexity index is 864. The van der Waals surface area contributed by atoms with Crippen LogP contribution in [0.4, 0.5) is 5.13 Å². The topological polar surface area (TPSA) is 60.5 Å². The number of hydrogen-bond donors (Lipinski definition) is 1. The first-order chi connectivity index (χ1) is 12.1. The highest BCUT2D eigenvalue weighted by molar-refractivity contribution is 7.22. The summed E-state index contributed by atoms with van der Waals surface area (Å²) in [5.74, 6) is 1.43. The van der Waals surface area contributed by atoms with Gasteiger partial charge in [-0.2, -0.15) is 0 Å². The molecule has 0 spiro atoms. The number of fused-ring (bicyclic) bond motifs is 1. The van der Waals surface area contributed by atoms with Gasteiger partial charge in [-0.15, -0.1) is 0 Å². The van der Waals surface area contributed by atoms with Gasteiger partial charge in [0.2, 0.25) is 5.91 Å². The van der Waals surface area contributed by atoms with Gasteiger partial charge in [0.25, 0.3) is 0 Å². The van der Waals surface area contributed by atoms with E-state index in [4.69, 9.17) is 21.1 Å². The van der Waals surface area contributed by atoms with Crippen LogP contribution in [-0.2, 0) is 4.79 Å². The molecule has 25 heavy (non-hydrogen) atoms. The summed E-state index contributed by atoms with van der Waals surface area (Å²) < 4.78 is 11.7. The normalized spacial score (nSPS) is 10.6. The summed E-state index contributed by atoms with van der Waals surface area (Å²) in [7, 11) is 1.62. The van der Waals surface area contributed by atoms with Crippen LogP contribution in [0, 0.1) is 0 Å². The van der Waals surface area contributed by atoms with Crippen LogP contribution < -0.4 is 14.8 Å². The molecule has 0 aliphatic carbocycles. The molecule has 0 aliphatic rings. The number of amides is 1. The summed E-state index contributed by atoms with van der Waals surface area (Å²) in [5.41, 5.74) is 0.840. The lowest BCUT2D eigenvalue weighted by Gasteiger charge is -2.06. The van der Waals surface area contributed by atoms with Crippen molar-refractivity contribution in [3.63, 3.8) is 0 Å². The molecule has 0 fully saturated rings. The Balaban J connectivity index is 1.46. The van der Waals surface area contributed by atoms with Crippen molar-refractivity contribution in [1.29, 1.82) is 0 Å². The molecule has 5 nitrogen and oxygen atoms in total. The third-order valence-corrected chi connectivity index (χ3v) is 4.66. The second-order valence-electron chi connectivity index (χ2n) is 5.31. The highest BCUT2D eigenvalue weighted by Crippen LogP contribution is 2.29. The Kier molecular flexibility index (Phi) is 5.73. The number of ether oxygens (including phenoxy) is 2. The first-order valence-corrected chi connectivity index (χ1v) is 8.96. The zero-order chi connectivity index (χ0) is 17.6. The van der Waals surface area contributed by atoms with Gasteiger partial charge in [-0.1, -0.05) is 22.9 Å². The van der Waals surface area contributed by atoms with Gasteiger partial charge in [0, 0.05) is 11.4 Å². The SMILES string of the molecule is COc1ccc2nc(NC(=O)CCCOc3ccc(Cl)cc3)sc2c1. The molecule has 0 bridgehead atoms. The zero-order valence-corrected chi connectivity index (χ0v) is 15.2. The molecule has 2 aromatic carbocycles. The molecule has 3 aromatic rings. The maximum Gasteiger partial charge on any atom is 0.226 e. The van der Waals surface area contributed by atoms with Gasteiger partial charge in [0.05, 0.1) is 23.9 Å². The fourth-order valence-corrected chi connectivity index (χ4v) is 3.26. The lowest BCUT2D eigenvalue weighted by Crippen LogP contribution is -2.12. The Hall–Kier alpha value is -2.31. The molecule has 1 aromatic heterocycles. The molecule has 1 heterocycles. The van der Waals surface area contributed by atoms with E-state index in [1.54, 1.807) is 31.4 Å². The van der Waals surface area contributed by atoms with Crippen LogP contribution in [0.2, 0.25) is 5.02 Å². The number of thiazole rings is 1. The molecule has 0 saturated carbocycles. The van der Waals surface area contributed by atoms with E-state index in [1.807, 2.05) is 18.2 Å². The standard InChI is InChI=1S/C18H17ClN2O3S/c1-23-14-8-9-15-16(11-14)25-18(20-15)21-17(22)3-2-10-24-13-6-4-12(19)5-7-13/h4-9,11H,2-3,10H2,1H3,(H,20,21,22). The lowest BCUT2D eigenvalue weighted by atomic mass is 10.3. The molecule has 0 aliphatic heterocycles. The van der Waals surface area contributed by atoms with Gasteiger partial charge in [0.15, 0.2) is 5.13 Å². The minimum Gasteiger partial charge on any atom is -0.497 e. The number of carbonyl (C=O) groups is 1. The van der Waals surface area contributed by atoms with E-state index in [9.17, 15) is 4.79 Å². The van der Waals surface area contributed by atoms with E-state index in [0.717, 1.165) is 21.7 Å². The van der Waals surface area contributed by atoms with Crippen molar-refractivity contribution in [2.75, 3.05) is 19.0 Å². The minimum absolute atomic E-state index is 0.0780. The molecule has 7 heteroatoms. The molecule has 0 unspecified atom stereocenters. The number of halogens is 1. The first kappa shape index (κ1) is 17.5. The summed E-state index contributed by atoms with van der Waals surface area (Å²) in [4.78, 5) is 16.4. The summed E-state index contributed by atoms with van der Waals surface area (Å²) in [5, 5.41) is 4.09. The molecule has 1 amide bonds. The highest BCUT2D eigenvalue weighted by Gasteiger charge is 2.08. The fraction of sp³-hybridized carbons (Fsp3) is 0.222. The number of hydrogen-bond acceptors (Lipinski definition) is 5. The van der Waals surface area contributed by atoms with Crippen LogP contribution in [0.15, 0.2) is 42.5 Å². The van der Waals surface area contributed by atoms with E-state index in [-0.39, 0.29) is 5.91 Å². The summed E-state index contributed by atoms with van der Waals surface area (Å²) in [6.07, 6.45) is 0.986. The van der Waals surface area contributed by atoms with Gasteiger partial charge >= 0.3 is 0 Å². The van der Waals surface area contributed by atoms with Crippen LogP contribution in [-0.4, -0.2) is 24.6 Å². The third-order valence-electron chi connectivity index (χ3n) is 3.47. The van der Waals surface area contributed by atoms with E-state index >= 15 is 0 Å². The monoisotopic (exact) mass is 376 g/mol. The van der Waals surface area contributed by atoms with E-state index in [2.05, 4.69) is 10.3 Å². The molecular formula is C18H17ClN2O3S. The molecule has 0 radical (unpaired) electrons. The predicted molar refractivity (Wildman–Crippen MR) is 101 cm³/mol. The van der Waals surface area contributed by atoms with Crippen molar-refractivity contribution in [2.24, 2.45) is 0 Å². The molecule has 0 saturated heterocycles. The average molecular weight is 377 g/mol. The van der Waals surface area contributed by atoms with Gasteiger partial charge in [-0.25, -0.2) is 4.98 Å². The Labute approximate surface area is 154 Å². The number of rotatable bonds is 7. The number of aromatic nitrogens is 1. The van der Waals surface area contributed by atoms with E-state index < -0.39 is 0 Å². The number of nitrogens with zero attached hydrogens (tertiary/aromatic N) is 1. The van der Waals surface area contributed by atoms with Crippen molar-refractivity contribution in [3.8, 4) is 11.5 Å². The van der Waals surface area contributed by atoms with Crippen LogP contribution in [0.3, 0.4) is 0 Å². The van der Waals surface area contributed by atoms with Gasteiger partial charge in [-0.3, -0.25) is 4.79 Å². The summed E-state index contributed by atoms with van der Waals surface area (Å²) in [6, 6.07) is 12.8. The van der Waals surface area contributed by atoms with E-state index in [0.29, 0.717) is 29.6 Å². The smallest absolute Gasteiger partial charge is 0.226 e. The fourth-order valence-electron chi connectivity index (χ4n) is 2.22. The van der Waals surface area contributed by atoms with Gasteiger partial charge in [0.1, 0.15) is 11.5 Å². The maximum atomic E-state index is 12.0. The van der Waals surface area contributed by atoms with Gasteiger partial charge < -0.3 is 14.8 Å². The van der Waals surface area contributed by atoms with Crippen LogP contribution in [0.1, 0.15) is 12.8 Å². The second kappa shape index (κ2) is 8.18. The lowest BCUT2D eigenvalue weighted by molar-refractivity contribution is -0.116. The maximum absolute atomic E-state index is 12.0. The molecule has 130 valence electrons. The Morgan fingerprint density at radius 3 is 2.72 bits per heavy atom. The quantitative estimate of drug-likeness (QED) is 0.604. The Morgan fingerprint density at radius 1 is 1.20 bits per heavy atom. The number of nitrogens with one attached hydrogen (secondary N) is 1. The summed E-state index contributed by atoms with van der Waals surface area (Å²) >= 11 is 7.24. The van der Waals surface area contributed by atoms with Crippen molar-refractivity contribution in [2.45, 2.75) is 12.8 Å². The van der Waals surface area contributed by atoms with Crippen LogP contribution in [0.25, 0.3) is 10.2 Å². The van der Waals surface area contributed by atoms with Crippen molar-refractivity contribution < 1.29 is 14.3 Å². The van der Waals surface area contributed by atoms with Crippen molar-refractivity contribution >= 4 is 44.2 Å². The third kappa shape index (κ3) is 4.84. The number of carbonyl (C=O) groups excluding carboxylic acids is 1. The van der Waals surface area contributed by atoms with Crippen LogP contribution in [0.5, 0.6) is 11.5 Å². The highest BCUT2D eigenvalue weighted by atomic mass is 35.5. The predicted octanol–water partition coefficient (Wildman–Crippen LogP) is 4.76. The van der Waals surface area contributed by atoms with Gasteiger partial charge in [-0.05, 0) is 48.9 Å². The summed E-state index contributed by atoms with van der Waals surface area (Å²) in [6.45, 7) is 0.464.